The number of hydrogen-bond acceptors (Lipinski definition) is 6. The Kier molecular flexibility index (Phi) is 5.66. The van der Waals surface area contributed by atoms with Crippen LogP contribution in [-0.4, -0.2) is 54.3 Å². The van der Waals surface area contributed by atoms with Crippen LogP contribution >= 0.6 is 22.7 Å². The smallest absolute Gasteiger partial charge is 0.307 e. The predicted octanol–water partition coefficient (Wildman–Crippen LogP) is 1.51. The van der Waals surface area contributed by atoms with Crippen LogP contribution in [0.1, 0.15) is 17.0 Å². The number of carbonyl (C=O) groups excluding carboxylic acids is 1. The summed E-state index contributed by atoms with van der Waals surface area (Å²) in [5.74, 6) is -0.0495. The predicted molar refractivity (Wildman–Crippen MR) is 102 cm³/mol. The summed E-state index contributed by atoms with van der Waals surface area (Å²) >= 11 is 2.39. The molecule has 0 saturated carbocycles. The molecular formula is C16H21N3O4S3. The summed E-state index contributed by atoms with van der Waals surface area (Å²) in [6, 6.07) is 3.43. The molecule has 1 aliphatic heterocycles. The van der Waals surface area contributed by atoms with Crippen LogP contribution in [0, 0.1) is 13.8 Å². The van der Waals surface area contributed by atoms with Crippen molar-refractivity contribution in [3.8, 4) is 0 Å². The van der Waals surface area contributed by atoms with Crippen LogP contribution in [0.5, 0.6) is 0 Å². The Morgan fingerprint density at radius 2 is 1.85 bits per heavy atom. The highest BCUT2D eigenvalue weighted by molar-refractivity contribution is 7.91. The van der Waals surface area contributed by atoms with E-state index in [1.165, 1.54) is 15.6 Å². The first kappa shape index (κ1) is 19.3. The van der Waals surface area contributed by atoms with Crippen molar-refractivity contribution >= 4 is 38.6 Å². The molecular weight excluding hydrogens is 394 g/mol. The van der Waals surface area contributed by atoms with Gasteiger partial charge in [-0.25, -0.2) is 8.42 Å². The van der Waals surface area contributed by atoms with Crippen molar-refractivity contribution in [2.24, 2.45) is 0 Å². The normalized spacial score (nSPS) is 16.2. The lowest BCUT2D eigenvalue weighted by Gasteiger charge is -2.33. The van der Waals surface area contributed by atoms with Crippen molar-refractivity contribution in [3.63, 3.8) is 0 Å². The summed E-state index contributed by atoms with van der Waals surface area (Å²) in [6.45, 7) is 5.42. The molecule has 10 heteroatoms. The largest absolute Gasteiger partial charge is 0.340 e. The molecule has 1 amide bonds. The van der Waals surface area contributed by atoms with Gasteiger partial charge in [0.05, 0.1) is 0 Å². The number of aromatic nitrogens is 1. The first-order valence-corrected chi connectivity index (χ1v) is 11.4. The number of carbonyl (C=O) groups is 1. The number of thiazole rings is 1. The van der Waals surface area contributed by atoms with Crippen molar-refractivity contribution in [3.05, 3.63) is 37.8 Å². The number of rotatable bonds is 5. The van der Waals surface area contributed by atoms with Gasteiger partial charge in [-0.2, -0.15) is 4.31 Å². The molecule has 1 aliphatic rings. The fourth-order valence-corrected chi connectivity index (χ4v) is 6.52. The van der Waals surface area contributed by atoms with Crippen molar-refractivity contribution in [2.75, 3.05) is 26.2 Å². The SMILES string of the molecule is Cc1ccc(S(=O)(=O)N2CCN(C(=O)CCn3c(C)csc3=O)CC2)s1. The van der Waals surface area contributed by atoms with E-state index >= 15 is 0 Å². The van der Waals surface area contributed by atoms with Crippen molar-refractivity contribution in [1.29, 1.82) is 0 Å². The molecule has 0 N–H and O–H groups in total. The van der Waals surface area contributed by atoms with E-state index in [1.54, 1.807) is 27.0 Å². The minimum Gasteiger partial charge on any atom is -0.340 e. The second kappa shape index (κ2) is 7.63. The number of sulfonamides is 1. The van der Waals surface area contributed by atoms with Gasteiger partial charge in [0.2, 0.25) is 5.91 Å². The minimum absolute atomic E-state index is 0.0495. The Morgan fingerprint density at radius 3 is 2.38 bits per heavy atom. The summed E-state index contributed by atoms with van der Waals surface area (Å²) in [5, 5.41) is 1.78. The third-order valence-electron chi connectivity index (χ3n) is 4.43. The minimum atomic E-state index is -3.48. The zero-order valence-corrected chi connectivity index (χ0v) is 17.1. The van der Waals surface area contributed by atoms with E-state index in [0.29, 0.717) is 36.9 Å². The molecule has 0 aromatic carbocycles. The zero-order valence-electron chi connectivity index (χ0n) is 14.7. The molecule has 0 unspecified atom stereocenters. The molecule has 3 rings (SSSR count). The van der Waals surface area contributed by atoms with Gasteiger partial charge >= 0.3 is 4.87 Å². The molecule has 0 radical (unpaired) electrons. The number of nitrogens with zero attached hydrogens (tertiary/aromatic N) is 3. The molecule has 26 heavy (non-hydrogen) atoms. The molecule has 0 spiro atoms. The van der Waals surface area contributed by atoms with Crippen LogP contribution in [0.15, 0.2) is 26.5 Å². The third kappa shape index (κ3) is 3.93. The molecule has 0 atom stereocenters. The van der Waals surface area contributed by atoms with Crippen LogP contribution in [0.25, 0.3) is 0 Å². The summed E-state index contributed by atoms with van der Waals surface area (Å²) < 4.78 is 28.6. The molecule has 0 aliphatic carbocycles. The maximum atomic E-state index is 12.6. The lowest BCUT2D eigenvalue weighted by Crippen LogP contribution is -2.50. The number of thiophene rings is 1. The quantitative estimate of drug-likeness (QED) is 0.741. The third-order valence-corrected chi connectivity index (χ3v) is 8.67. The van der Waals surface area contributed by atoms with Gasteiger partial charge in [-0.1, -0.05) is 11.3 Å². The molecule has 1 fully saturated rings. The van der Waals surface area contributed by atoms with E-state index in [4.69, 9.17) is 0 Å². The molecule has 142 valence electrons. The Bertz CT molecular complexity index is 950. The molecule has 2 aromatic heterocycles. The standard InChI is InChI=1S/C16H21N3O4S3/c1-12-11-24-16(21)19(12)6-5-14(20)17-7-9-18(10-8-17)26(22,23)15-4-3-13(2)25-15/h3-4,11H,5-10H2,1-2H3. The summed E-state index contributed by atoms with van der Waals surface area (Å²) in [5.41, 5.74) is 0.856. The van der Waals surface area contributed by atoms with E-state index in [-0.39, 0.29) is 17.2 Å². The number of hydrogen-bond donors (Lipinski definition) is 0. The van der Waals surface area contributed by atoms with E-state index in [1.807, 2.05) is 13.8 Å². The summed E-state index contributed by atoms with van der Waals surface area (Å²) in [7, 11) is -3.48. The number of piperazine rings is 1. The second-order valence-corrected chi connectivity index (χ2v) is 10.5. The number of amides is 1. The lowest BCUT2D eigenvalue weighted by molar-refractivity contribution is -0.132. The fraction of sp³-hybridized carbons (Fsp3) is 0.500. The maximum absolute atomic E-state index is 12.6. The monoisotopic (exact) mass is 415 g/mol. The van der Waals surface area contributed by atoms with E-state index in [9.17, 15) is 18.0 Å². The van der Waals surface area contributed by atoms with Gasteiger partial charge in [0.15, 0.2) is 0 Å². The molecule has 2 aromatic rings. The van der Waals surface area contributed by atoms with Crippen molar-refractivity contribution in [2.45, 2.75) is 31.0 Å². The first-order valence-electron chi connectivity index (χ1n) is 8.28. The highest BCUT2D eigenvalue weighted by Gasteiger charge is 2.30. The second-order valence-electron chi connectivity index (χ2n) is 6.19. The zero-order chi connectivity index (χ0) is 18.9. The average Bonchev–Trinajstić information content (AvgIpc) is 3.19. The Morgan fingerprint density at radius 1 is 1.15 bits per heavy atom. The maximum Gasteiger partial charge on any atom is 0.307 e. The fourth-order valence-electron chi connectivity index (χ4n) is 2.90. The summed E-state index contributed by atoms with van der Waals surface area (Å²) in [4.78, 5) is 26.7. The van der Waals surface area contributed by atoms with E-state index < -0.39 is 10.0 Å². The van der Waals surface area contributed by atoms with Crippen LogP contribution in [-0.2, 0) is 21.4 Å². The topological polar surface area (TPSA) is 79.7 Å². The molecule has 0 bridgehead atoms. The highest BCUT2D eigenvalue weighted by atomic mass is 32.2. The van der Waals surface area contributed by atoms with E-state index in [2.05, 4.69) is 0 Å². The van der Waals surface area contributed by atoms with Crippen molar-refractivity contribution in [1.82, 2.24) is 13.8 Å². The molecule has 7 nitrogen and oxygen atoms in total. The number of aryl methyl sites for hydroxylation is 2. The van der Waals surface area contributed by atoms with Gasteiger partial charge < -0.3 is 9.47 Å². The van der Waals surface area contributed by atoms with Gasteiger partial charge in [-0.05, 0) is 26.0 Å². The van der Waals surface area contributed by atoms with Gasteiger partial charge in [0.25, 0.3) is 10.0 Å². The van der Waals surface area contributed by atoms with Gasteiger partial charge in [0.1, 0.15) is 4.21 Å². The van der Waals surface area contributed by atoms with Gasteiger partial charge in [-0.15, -0.1) is 11.3 Å². The van der Waals surface area contributed by atoms with Crippen LogP contribution in [0.4, 0.5) is 0 Å². The van der Waals surface area contributed by atoms with Crippen LogP contribution in [0.3, 0.4) is 0 Å². The Hall–Kier alpha value is -1.49. The Labute approximate surface area is 160 Å². The van der Waals surface area contributed by atoms with Gasteiger partial charge in [0, 0.05) is 55.1 Å². The lowest BCUT2D eigenvalue weighted by atomic mass is 10.3. The average molecular weight is 416 g/mol. The van der Waals surface area contributed by atoms with Crippen molar-refractivity contribution < 1.29 is 13.2 Å². The van der Waals surface area contributed by atoms with Crippen LogP contribution in [0.2, 0.25) is 0 Å². The van der Waals surface area contributed by atoms with Crippen LogP contribution < -0.4 is 4.87 Å². The molecule has 1 saturated heterocycles. The van der Waals surface area contributed by atoms with Gasteiger partial charge in [-0.3, -0.25) is 9.59 Å². The highest BCUT2D eigenvalue weighted by Crippen LogP contribution is 2.25. The van der Waals surface area contributed by atoms with E-state index in [0.717, 1.165) is 21.9 Å². The molecule has 3 heterocycles. The Balaban J connectivity index is 1.56. The first-order chi connectivity index (χ1) is 12.3. The summed E-state index contributed by atoms with van der Waals surface area (Å²) in [6.07, 6.45) is 0.244.